The van der Waals surface area contributed by atoms with E-state index in [0.29, 0.717) is 28.5 Å². The molecule has 2 aromatic rings. The highest BCUT2D eigenvalue weighted by Gasteiger charge is 2.34. The van der Waals surface area contributed by atoms with Crippen LogP contribution in [0.15, 0.2) is 36.4 Å². The van der Waals surface area contributed by atoms with Crippen molar-refractivity contribution in [3.8, 4) is 28.7 Å². The maximum atomic E-state index is 12.6. The van der Waals surface area contributed by atoms with Gasteiger partial charge in [0.15, 0.2) is 11.5 Å². The van der Waals surface area contributed by atoms with E-state index in [1.807, 2.05) is 0 Å². The van der Waals surface area contributed by atoms with E-state index in [1.54, 1.807) is 24.3 Å². The average Bonchev–Trinajstić information content (AvgIpc) is 2.81. The van der Waals surface area contributed by atoms with Crippen molar-refractivity contribution in [2.75, 3.05) is 33.8 Å². The summed E-state index contributed by atoms with van der Waals surface area (Å²) in [5, 5.41) is 2.68. The zero-order valence-electron chi connectivity index (χ0n) is 20.7. The maximum absolute atomic E-state index is 12.6. The van der Waals surface area contributed by atoms with Gasteiger partial charge in [0.2, 0.25) is 11.5 Å². The molecule has 2 rings (SSSR count). The first-order chi connectivity index (χ1) is 16.5. The highest BCUT2D eigenvalue weighted by Crippen LogP contribution is 2.35. The summed E-state index contributed by atoms with van der Waals surface area (Å²) in [6.45, 7) is 4.00. The van der Waals surface area contributed by atoms with Crippen molar-refractivity contribution in [3.63, 3.8) is 0 Å². The van der Waals surface area contributed by atoms with Crippen LogP contribution in [0.25, 0.3) is 6.08 Å². The molecular weight excluding hydrogens is 458 g/mol. The van der Waals surface area contributed by atoms with Gasteiger partial charge in [-0.2, -0.15) is 0 Å². The first-order valence-corrected chi connectivity index (χ1v) is 10.4. The van der Waals surface area contributed by atoms with E-state index in [2.05, 4.69) is 5.32 Å². The summed E-state index contributed by atoms with van der Waals surface area (Å²) in [6, 6.07) is 7.86. The minimum atomic E-state index is -1.52. The minimum absolute atomic E-state index is 0.0398. The topological polar surface area (TPSA) is 119 Å². The van der Waals surface area contributed by atoms with Crippen LogP contribution in [0.3, 0.4) is 0 Å². The summed E-state index contributed by atoms with van der Waals surface area (Å²) < 4.78 is 31.6. The van der Waals surface area contributed by atoms with Gasteiger partial charge in [-0.05, 0) is 32.1 Å². The number of hydrogen-bond acceptors (Lipinski definition) is 9. The largest absolute Gasteiger partial charge is 0.496 e. The van der Waals surface area contributed by atoms with Crippen molar-refractivity contribution in [1.82, 2.24) is 0 Å². The summed E-state index contributed by atoms with van der Waals surface area (Å²) >= 11 is 0. The van der Waals surface area contributed by atoms with Gasteiger partial charge >= 0.3 is 11.9 Å². The Hall–Kier alpha value is -4.21. The first kappa shape index (κ1) is 27.0. The summed E-state index contributed by atoms with van der Waals surface area (Å²) in [4.78, 5) is 36.3. The molecule has 0 spiro atoms. The van der Waals surface area contributed by atoms with Gasteiger partial charge in [0, 0.05) is 36.9 Å². The predicted molar refractivity (Wildman–Crippen MR) is 128 cm³/mol. The molecule has 1 N–H and O–H groups in total. The molecule has 2 aromatic carbocycles. The lowest BCUT2D eigenvalue weighted by Crippen LogP contribution is -2.40. The van der Waals surface area contributed by atoms with Crippen molar-refractivity contribution in [2.24, 2.45) is 0 Å². The third-order valence-electron chi connectivity index (χ3n) is 4.68. The Morgan fingerprint density at radius 1 is 0.829 bits per heavy atom. The van der Waals surface area contributed by atoms with Crippen LogP contribution in [0.5, 0.6) is 28.7 Å². The second kappa shape index (κ2) is 11.8. The van der Waals surface area contributed by atoms with Crippen molar-refractivity contribution in [1.29, 1.82) is 0 Å². The highest BCUT2D eigenvalue weighted by atomic mass is 16.6. The molecule has 35 heavy (non-hydrogen) atoms. The fourth-order valence-electron chi connectivity index (χ4n) is 3.00. The Morgan fingerprint density at radius 3 is 1.94 bits per heavy atom. The molecule has 0 radical (unpaired) electrons. The molecule has 0 bridgehead atoms. The Morgan fingerprint density at radius 2 is 1.43 bits per heavy atom. The van der Waals surface area contributed by atoms with E-state index in [1.165, 1.54) is 67.4 Å². The molecule has 1 amide bonds. The number of hydrogen-bond donors (Lipinski definition) is 1. The SMILES string of the molecule is COc1cc(OC)c(C=CC(=O)Nc2ccc(OC)c(OC(=O)C(C)(C)OC(C)=O)c2)c(OC)c1. The van der Waals surface area contributed by atoms with Crippen molar-refractivity contribution >= 4 is 29.6 Å². The van der Waals surface area contributed by atoms with Crippen molar-refractivity contribution in [2.45, 2.75) is 26.4 Å². The van der Waals surface area contributed by atoms with Crippen LogP contribution < -0.4 is 29.0 Å². The van der Waals surface area contributed by atoms with Gasteiger partial charge in [-0.25, -0.2) is 4.79 Å². The zero-order valence-corrected chi connectivity index (χ0v) is 20.7. The van der Waals surface area contributed by atoms with Crippen LogP contribution in [0.1, 0.15) is 26.3 Å². The standard InChI is InChI=1S/C25H29NO9/c1-15(27)35-25(2,3)24(29)34-22-12-16(8-10-19(22)31-5)26-23(28)11-9-18-20(32-6)13-17(30-4)14-21(18)33-7/h8-14H,1-7H3,(H,26,28). The molecule has 0 unspecified atom stereocenters. The third-order valence-corrected chi connectivity index (χ3v) is 4.68. The number of methoxy groups -OCH3 is 4. The number of amides is 1. The van der Waals surface area contributed by atoms with Crippen LogP contribution in [-0.2, 0) is 19.1 Å². The molecule has 188 valence electrons. The number of nitrogens with one attached hydrogen (secondary N) is 1. The van der Waals surface area contributed by atoms with Gasteiger partial charge in [0.25, 0.3) is 0 Å². The minimum Gasteiger partial charge on any atom is -0.496 e. The number of carbonyl (C=O) groups excluding carboxylic acids is 3. The van der Waals surface area contributed by atoms with Crippen LogP contribution >= 0.6 is 0 Å². The maximum Gasteiger partial charge on any atom is 0.355 e. The lowest BCUT2D eigenvalue weighted by molar-refractivity contribution is -0.170. The molecular formula is C25H29NO9. The molecule has 10 nitrogen and oxygen atoms in total. The molecule has 0 aliphatic rings. The third kappa shape index (κ3) is 7.13. The van der Waals surface area contributed by atoms with Crippen LogP contribution in [0.2, 0.25) is 0 Å². The second-order valence-corrected chi connectivity index (χ2v) is 7.63. The van der Waals surface area contributed by atoms with Gasteiger partial charge in [-0.15, -0.1) is 0 Å². The first-order valence-electron chi connectivity index (χ1n) is 10.4. The van der Waals surface area contributed by atoms with E-state index in [4.69, 9.17) is 28.4 Å². The summed E-state index contributed by atoms with van der Waals surface area (Å²) in [5.41, 5.74) is -0.639. The van der Waals surface area contributed by atoms with Gasteiger partial charge in [-0.3, -0.25) is 9.59 Å². The number of ether oxygens (including phenoxy) is 6. The van der Waals surface area contributed by atoms with Gasteiger partial charge in [-0.1, -0.05) is 0 Å². The van der Waals surface area contributed by atoms with E-state index < -0.39 is 23.4 Å². The number of anilines is 1. The molecule has 0 aliphatic carbocycles. The summed E-state index contributed by atoms with van der Waals surface area (Å²) in [7, 11) is 5.92. The Bertz CT molecular complexity index is 1100. The fourth-order valence-corrected chi connectivity index (χ4v) is 3.00. The van der Waals surface area contributed by atoms with Gasteiger partial charge in [0.1, 0.15) is 17.2 Å². The smallest absolute Gasteiger partial charge is 0.355 e. The quantitative estimate of drug-likeness (QED) is 0.304. The van der Waals surface area contributed by atoms with Crippen molar-refractivity contribution in [3.05, 3.63) is 42.0 Å². The van der Waals surface area contributed by atoms with E-state index in [0.717, 1.165) is 0 Å². The van der Waals surface area contributed by atoms with Crippen LogP contribution in [-0.4, -0.2) is 51.9 Å². The number of esters is 2. The number of benzene rings is 2. The second-order valence-electron chi connectivity index (χ2n) is 7.63. The Kier molecular flexibility index (Phi) is 9.10. The molecule has 0 saturated heterocycles. The fraction of sp³-hybridized carbons (Fsp3) is 0.320. The Labute approximate surface area is 203 Å². The molecule has 0 atom stereocenters. The average molecular weight is 488 g/mol. The van der Waals surface area contributed by atoms with Gasteiger partial charge in [0.05, 0.1) is 34.0 Å². The zero-order chi connectivity index (χ0) is 26.2. The Balaban J connectivity index is 2.24. The molecule has 0 aliphatic heterocycles. The van der Waals surface area contributed by atoms with Crippen LogP contribution in [0.4, 0.5) is 5.69 Å². The molecule has 0 heterocycles. The lowest BCUT2D eigenvalue weighted by Gasteiger charge is -2.22. The normalized spacial score (nSPS) is 10.9. The molecule has 0 aromatic heterocycles. The van der Waals surface area contributed by atoms with E-state index in [9.17, 15) is 14.4 Å². The highest BCUT2D eigenvalue weighted by molar-refractivity contribution is 6.02. The van der Waals surface area contributed by atoms with E-state index >= 15 is 0 Å². The lowest BCUT2D eigenvalue weighted by atomic mass is 10.1. The number of rotatable bonds is 10. The van der Waals surface area contributed by atoms with Crippen LogP contribution in [0, 0.1) is 0 Å². The molecule has 10 heteroatoms. The van der Waals surface area contributed by atoms with Crippen molar-refractivity contribution < 1.29 is 42.8 Å². The summed E-state index contributed by atoms with van der Waals surface area (Å²) in [6.07, 6.45) is 2.84. The predicted octanol–water partition coefficient (Wildman–Crippen LogP) is 3.62. The molecule has 0 saturated carbocycles. The van der Waals surface area contributed by atoms with E-state index in [-0.39, 0.29) is 11.5 Å². The molecule has 0 fully saturated rings. The van der Waals surface area contributed by atoms with Gasteiger partial charge < -0.3 is 33.7 Å². The monoisotopic (exact) mass is 487 g/mol. The number of carbonyl (C=O) groups is 3. The summed E-state index contributed by atoms with van der Waals surface area (Å²) in [5.74, 6) is -0.162.